The Hall–Kier alpha value is -0.530. The van der Waals surface area contributed by atoms with Crippen molar-refractivity contribution < 1.29 is 14.3 Å². The molecule has 2 aliphatic rings. The molecule has 0 aromatic carbocycles. The predicted molar refractivity (Wildman–Crippen MR) is 114 cm³/mol. The van der Waals surface area contributed by atoms with E-state index in [1.807, 2.05) is 6.92 Å². The molecule has 0 aromatic heterocycles. The maximum absolute atomic E-state index is 11.6. The number of Topliss-reactive ketones (excluding diaryl/α,β-unsaturated/α-hetero) is 1. The first-order valence-corrected chi connectivity index (χ1v) is 11.5. The summed E-state index contributed by atoms with van der Waals surface area (Å²) in [6.45, 7) is 18.1. The molecule has 6 nitrogen and oxygen atoms in total. The number of nitrogens with zero attached hydrogens (tertiary/aromatic N) is 3. The fourth-order valence-electron chi connectivity index (χ4n) is 3.97. The Morgan fingerprint density at radius 1 is 0.929 bits per heavy atom. The second kappa shape index (κ2) is 13.6. The van der Waals surface area contributed by atoms with Gasteiger partial charge in [-0.25, -0.2) is 0 Å². The fraction of sp³-hybridized carbons (Fsp3) is 0.955. The Balaban J connectivity index is 1.48. The molecular formula is C22H43N3O3. The average molecular weight is 398 g/mol. The Kier molecular flexibility index (Phi) is 11.6. The predicted octanol–water partition coefficient (Wildman–Crippen LogP) is 2.13. The van der Waals surface area contributed by atoms with E-state index in [1.165, 1.54) is 32.5 Å². The smallest absolute Gasteiger partial charge is 0.146 e. The first kappa shape index (κ1) is 23.7. The summed E-state index contributed by atoms with van der Waals surface area (Å²) in [6.07, 6.45) is 4.65. The van der Waals surface area contributed by atoms with E-state index in [0.717, 1.165) is 51.7 Å². The number of hydrogen-bond acceptors (Lipinski definition) is 6. The highest BCUT2D eigenvalue weighted by atomic mass is 16.5. The van der Waals surface area contributed by atoms with Gasteiger partial charge >= 0.3 is 0 Å². The van der Waals surface area contributed by atoms with Crippen LogP contribution >= 0.6 is 0 Å². The number of likely N-dealkylation sites (tertiary alicyclic amines) is 1. The van der Waals surface area contributed by atoms with Crippen molar-refractivity contribution in [3.63, 3.8) is 0 Å². The quantitative estimate of drug-likeness (QED) is 0.444. The van der Waals surface area contributed by atoms with E-state index in [-0.39, 0.29) is 0 Å². The van der Waals surface area contributed by atoms with Crippen molar-refractivity contribution in [2.24, 2.45) is 5.92 Å². The number of piperidine rings is 1. The molecule has 2 saturated heterocycles. The van der Waals surface area contributed by atoms with Crippen LogP contribution in [0.3, 0.4) is 0 Å². The summed E-state index contributed by atoms with van der Waals surface area (Å²) in [4.78, 5) is 19.1. The lowest BCUT2D eigenvalue weighted by molar-refractivity contribution is -0.120. The molecular weight excluding hydrogens is 354 g/mol. The van der Waals surface area contributed by atoms with E-state index in [4.69, 9.17) is 9.47 Å². The van der Waals surface area contributed by atoms with E-state index in [2.05, 4.69) is 28.5 Å². The van der Waals surface area contributed by atoms with Crippen LogP contribution in [-0.4, -0.2) is 105 Å². The number of ketones is 1. The molecule has 2 aliphatic heterocycles. The molecule has 164 valence electrons. The van der Waals surface area contributed by atoms with Gasteiger partial charge in [0.05, 0.1) is 32.5 Å². The van der Waals surface area contributed by atoms with Gasteiger partial charge < -0.3 is 19.3 Å². The number of hydrogen-bond donors (Lipinski definition) is 0. The maximum Gasteiger partial charge on any atom is 0.146 e. The first-order chi connectivity index (χ1) is 13.6. The van der Waals surface area contributed by atoms with Gasteiger partial charge in [0.2, 0.25) is 0 Å². The molecule has 1 atom stereocenters. The maximum atomic E-state index is 11.6. The highest BCUT2D eigenvalue weighted by Crippen LogP contribution is 2.19. The van der Waals surface area contributed by atoms with Crippen LogP contribution in [0.2, 0.25) is 0 Å². The SMILES string of the molecule is CCC(=O)CN1CCN(CC2CCN(CCOCCOC(C)CC)CC2)CC1. The normalized spacial score (nSPS) is 21.8. The van der Waals surface area contributed by atoms with Gasteiger partial charge in [0, 0.05) is 45.7 Å². The molecule has 6 heteroatoms. The molecule has 2 rings (SSSR count). The first-order valence-electron chi connectivity index (χ1n) is 11.5. The molecule has 1 unspecified atom stereocenters. The lowest BCUT2D eigenvalue weighted by Crippen LogP contribution is -2.50. The molecule has 0 radical (unpaired) electrons. The van der Waals surface area contributed by atoms with Crippen LogP contribution in [0.5, 0.6) is 0 Å². The Bertz CT molecular complexity index is 419. The Morgan fingerprint density at radius 2 is 1.61 bits per heavy atom. The molecule has 0 N–H and O–H groups in total. The molecule has 0 saturated carbocycles. The van der Waals surface area contributed by atoms with Crippen molar-refractivity contribution in [2.75, 3.05) is 78.7 Å². The molecule has 0 bridgehead atoms. The molecule has 0 spiro atoms. The summed E-state index contributed by atoms with van der Waals surface area (Å²) in [5, 5.41) is 0. The summed E-state index contributed by atoms with van der Waals surface area (Å²) < 4.78 is 11.4. The zero-order valence-corrected chi connectivity index (χ0v) is 18.5. The highest BCUT2D eigenvalue weighted by molar-refractivity contribution is 5.80. The third kappa shape index (κ3) is 9.31. The number of carbonyl (C=O) groups is 1. The average Bonchev–Trinajstić information content (AvgIpc) is 2.72. The lowest BCUT2D eigenvalue weighted by Gasteiger charge is -2.38. The minimum atomic E-state index is 0.337. The largest absolute Gasteiger partial charge is 0.378 e. The zero-order chi connectivity index (χ0) is 20.2. The highest BCUT2D eigenvalue weighted by Gasteiger charge is 2.24. The van der Waals surface area contributed by atoms with Crippen molar-refractivity contribution in [1.29, 1.82) is 0 Å². The molecule has 0 aromatic rings. The minimum absolute atomic E-state index is 0.337. The van der Waals surface area contributed by atoms with Gasteiger partial charge in [-0.2, -0.15) is 0 Å². The third-order valence-corrected chi connectivity index (χ3v) is 6.24. The van der Waals surface area contributed by atoms with Crippen LogP contribution in [0.25, 0.3) is 0 Å². The minimum Gasteiger partial charge on any atom is -0.378 e. The second-order valence-corrected chi connectivity index (χ2v) is 8.46. The van der Waals surface area contributed by atoms with Crippen LogP contribution in [0.4, 0.5) is 0 Å². The van der Waals surface area contributed by atoms with E-state index in [1.54, 1.807) is 0 Å². The Labute approximate surface area is 172 Å². The summed E-state index contributed by atoms with van der Waals surface area (Å²) in [5.74, 6) is 1.19. The molecule has 0 amide bonds. The summed E-state index contributed by atoms with van der Waals surface area (Å²) in [6, 6.07) is 0. The van der Waals surface area contributed by atoms with E-state index in [9.17, 15) is 4.79 Å². The molecule has 0 aliphatic carbocycles. The van der Waals surface area contributed by atoms with E-state index in [0.29, 0.717) is 38.1 Å². The number of piperazine rings is 1. The van der Waals surface area contributed by atoms with Crippen molar-refractivity contribution in [2.45, 2.75) is 52.6 Å². The van der Waals surface area contributed by atoms with Crippen molar-refractivity contribution >= 4 is 5.78 Å². The van der Waals surface area contributed by atoms with E-state index >= 15 is 0 Å². The van der Waals surface area contributed by atoms with Gasteiger partial charge in [-0.05, 0) is 45.2 Å². The van der Waals surface area contributed by atoms with Crippen LogP contribution in [0.1, 0.15) is 46.5 Å². The fourth-order valence-corrected chi connectivity index (χ4v) is 3.97. The van der Waals surface area contributed by atoms with Crippen molar-refractivity contribution in [3.05, 3.63) is 0 Å². The monoisotopic (exact) mass is 397 g/mol. The zero-order valence-electron chi connectivity index (χ0n) is 18.5. The van der Waals surface area contributed by atoms with Gasteiger partial charge in [-0.15, -0.1) is 0 Å². The topological polar surface area (TPSA) is 45.3 Å². The second-order valence-electron chi connectivity index (χ2n) is 8.46. The van der Waals surface area contributed by atoms with Gasteiger partial charge in [0.25, 0.3) is 0 Å². The summed E-state index contributed by atoms with van der Waals surface area (Å²) in [5.41, 5.74) is 0. The van der Waals surface area contributed by atoms with Gasteiger partial charge in [-0.3, -0.25) is 9.69 Å². The molecule has 2 heterocycles. The standard InChI is InChI=1S/C22H43N3O3/c1-4-20(3)28-17-16-27-15-14-23-8-6-21(7-9-23)18-24-10-12-25(13-11-24)19-22(26)5-2/h20-21H,4-19H2,1-3H3. The Morgan fingerprint density at radius 3 is 2.25 bits per heavy atom. The van der Waals surface area contributed by atoms with Crippen LogP contribution in [-0.2, 0) is 14.3 Å². The third-order valence-electron chi connectivity index (χ3n) is 6.24. The lowest BCUT2D eigenvalue weighted by atomic mass is 9.96. The molecule has 2 fully saturated rings. The summed E-state index contributed by atoms with van der Waals surface area (Å²) >= 11 is 0. The van der Waals surface area contributed by atoms with E-state index < -0.39 is 0 Å². The van der Waals surface area contributed by atoms with Crippen LogP contribution < -0.4 is 0 Å². The number of ether oxygens (including phenoxy) is 2. The van der Waals surface area contributed by atoms with Crippen LogP contribution in [0, 0.1) is 5.92 Å². The molecule has 28 heavy (non-hydrogen) atoms. The van der Waals surface area contributed by atoms with Crippen LogP contribution in [0.15, 0.2) is 0 Å². The van der Waals surface area contributed by atoms with Crippen molar-refractivity contribution in [3.8, 4) is 0 Å². The van der Waals surface area contributed by atoms with Gasteiger partial charge in [0.15, 0.2) is 0 Å². The number of carbonyl (C=O) groups excluding carboxylic acids is 1. The van der Waals surface area contributed by atoms with Crippen molar-refractivity contribution in [1.82, 2.24) is 14.7 Å². The summed E-state index contributed by atoms with van der Waals surface area (Å²) in [7, 11) is 0. The van der Waals surface area contributed by atoms with Gasteiger partial charge in [0.1, 0.15) is 5.78 Å². The number of rotatable bonds is 13. The van der Waals surface area contributed by atoms with Gasteiger partial charge in [-0.1, -0.05) is 13.8 Å².